The molecule has 4 unspecified atom stereocenters. The van der Waals surface area contributed by atoms with E-state index in [0.717, 1.165) is 73.6 Å². The lowest BCUT2D eigenvalue weighted by Gasteiger charge is -2.56. The van der Waals surface area contributed by atoms with Crippen molar-refractivity contribution in [2.24, 2.45) is 0 Å². The quantitative estimate of drug-likeness (QED) is 0.107. The summed E-state index contributed by atoms with van der Waals surface area (Å²) in [4.78, 5) is 11.7. The molecule has 5 nitrogen and oxygen atoms in total. The Bertz CT molecular complexity index is 5790. The summed E-state index contributed by atoms with van der Waals surface area (Å²) < 4.78 is 7.39. The Hall–Kier alpha value is -12.5. The van der Waals surface area contributed by atoms with Crippen LogP contribution in [0.2, 0.25) is 11.6 Å². The van der Waals surface area contributed by atoms with Crippen molar-refractivity contribution in [2.45, 2.75) is 34.7 Å². The summed E-state index contributed by atoms with van der Waals surface area (Å²) in [5, 5.41) is -0.00644. The maximum atomic E-state index is 7.39. The summed E-state index contributed by atoms with van der Waals surface area (Å²) in [5.41, 5.74) is 30.5. The van der Waals surface area contributed by atoms with Crippen molar-refractivity contribution < 1.29 is 4.74 Å². The van der Waals surface area contributed by atoms with Crippen LogP contribution in [0, 0.1) is 6.92 Å². The van der Waals surface area contributed by atoms with Gasteiger partial charge in [-0.05, 0) is 159 Å². The van der Waals surface area contributed by atoms with Crippen LogP contribution in [-0.2, 0) is 0 Å². The Balaban J connectivity index is 0.832. The van der Waals surface area contributed by atoms with Crippen LogP contribution in [0.5, 0.6) is 11.5 Å². The zero-order valence-corrected chi connectivity index (χ0v) is 58.8. The molecule has 2 aliphatic carbocycles. The molecule has 4 heterocycles. The molecule has 4 atom stereocenters. The van der Waals surface area contributed by atoms with Gasteiger partial charge in [-0.2, -0.15) is 0 Å². The highest BCUT2D eigenvalue weighted by atomic mass is 32.2. The fraction of sp³-hybridized carbons (Fsp3) is 0.0515. The van der Waals surface area contributed by atoms with Crippen LogP contribution in [0.15, 0.2) is 410 Å². The molecule has 1 fully saturated rings. The Labute approximate surface area is 619 Å². The molecular formula is C97H70B2N4OS. The Morgan fingerprint density at radius 2 is 0.886 bits per heavy atom. The van der Waals surface area contributed by atoms with Crippen LogP contribution < -0.4 is 40.7 Å². The van der Waals surface area contributed by atoms with Gasteiger partial charge in [0.05, 0.1) is 28.8 Å². The van der Waals surface area contributed by atoms with Gasteiger partial charge >= 0.3 is 0 Å². The molecular weight excluding hydrogens is 1290 g/mol. The first-order chi connectivity index (χ1) is 52.0. The van der Waals surface area contributed by atoms with Gasteiger partial charge in [-0.25, -0.2) is 0 Å². The molecule has 20 rings (SSSR count). The summed E-state index contributed by atoms with van der Waals surface area (Å²) in [6.45, 7) is 2.26. The maximum absolute atomic E-state index is 7.39. The molecule has 0 aromatic heterocycles. The van der Waals surface area contributed by atoms with Gasteiger partial charge in [-0.1, -0.05) is 297 Å². The first-order valence-electron chi connectivity index (χ1n) is 36.6. The molecule has 0 spiro atoms. The van der Waals surface area contributed by atoms with Crippen LogP contribution in [0.25, 0.3) is 55.6 Å². The minimum absolute atomic E-state index is 0.00644. The first kappa shape index (κ1) is 62.3. The number of para-hydroxylation sites is 6. The van der Waals surface area contributed by atoms with Crippen molar-refractivity contribution >= 4 is 87.1 Å². The third-order valence-corrected chi connectivity index (χ3v) is 23.6. The van der Waals surface area contributed by atoms with Gasteiger partial charge in [0.1, 0.15) is 11.5 Å². The number of fused-ring (bicyclic) bond motifs is 8. The predicted octanol–water partition coefficient (Wildman–Crippen LogP) is 23.2. The van der Waals surface area contributed by atoms with Crippen molar-refractivity contribution in [3.05, 3.63) is 410 Å². The second kappa shape index (κ2) is 26.1. The van der Waals surface area contributed by atoms with E-state index in [-0.39, 0.29) is 36.4 Å². The molecule has 0 bridgehead atoms. The van der Waals surface area contributed by atoms with Crippen LogP contribution >= 0.6 is 11.8 Å². The molecule has 0 saturated carbocycles. The van der Waals surface area contributed by atoms with E-state index >= 15 is 0 Å². The van der Waals surface area contributed by atoms with Crippen LogP contribution in [-0.4, -0.2) is 24.7 Å². The largest absolute Gasteiger partial charge is 0.458 e. The van der Waals surface area contributed by atoms with E-state index in [1.165, 1.54) is 88.5 Å². The molecule has 0 N–H and O–H groups in total. The van der Waals surface area contributed by atoms with Gasteiger partial charge in [0.2, 0.25) is 13.4 Å². The summed E-state index contributed by atoms with van der Waals surface area (Å²) in [5.74, 6) is 1.78. The number of hydrogen-bond donors (Lipinski definition) is 0. The summed E-state index contributed by atoms with van der Waals surface area (Å²) in [7, 11) is 0. The van der Waals surface area contributed by atoms with Crippen LogP contribution in [0.1, 0.15) is 5.56 Å². The fourth-order valence-electron chi connectivity index (χ4n) is 17.7. The van der Waals surface area contributed by atoms with E-state index in [0.29, 0.717) is 0 Å². The van der Waals surface area contributed by atoms with Crippen LogP contribution in [0.3, 0.4) is 0 Å². The lowest BCUT2D eigenvalue weighted by Crippen LogP contribution is -2.62. The number of hydrogen-bond acceptors (Lipinski definition) is 6. The minimum atomic E-state index is -0.225. The number of nitrogens with zero attached hydrogens (tertiary/aromatic N) is 4. The number of ether oxygens (including phenoxy) is 1. The van der Waals surface area contributed by atoms with Gasteiger partial charge in [-0.3, -0.25) is 0 Å². The first-order valence-corrected chi connectivity index (χ1v) is 37.5. The molecule has 1 saturated heterocycles. The fourth-order valence-corrected chi connectivity index (χ4v) is 19.2. The lowest BCUT2D eigenvalue weighted by atomic mass is 9.25. The standard InChI is InChI=1S/C97H70B2N4OS/c1-65-29-28-44-80(72-38-16-6-17-39-72)97(65)103-88-64-93-84(99-82-46-23-27-50-91(82)104-92-61-77(62-94(105-93)96(92)99)101(75-57-53-69(54-58-75)67-32-10-3-11-33-67)86-48-25-21-43-79(86)71-36-14-5-15-37-71)63-83(88)98-81-45-22-26-49-87(81)102(73-40-18-7-19-41-73)89-59-76(60-90(103)95(89)98)100(74-55-51-68(52-56-74)66-30-8-2-9-31-66)85-47-24-20-42-78(85)70-34-12-4-13-35-70/h2-64,84,90,93,95H,1H3. The molecule has 0 amide bonds. The Morgan fingerprint density at radius 1 is 0.390 bits per heavy atom. The third-order valence-electron chi connectivity index (χ3n) is 22.3. The molecule has 14 aromatic carbocycles. The van der Waals surface area contributed by atoms with Gasteiger partial charge in [0.15, 0.2) is 0 Å². The van der Waals surface area contributed by atoms with E-state index in [1.54, 1.807) is 0 Å². The van der Waals surface area contributed by atoms with Gasteiger partial charge < -0.3 is 24.3 Å². The number of thioether (sulfide) groups is 1. The third kappa shape index (κ3) is 10.7. The maximum Gasteiger partial charge on any atom is 0.228 e. The number of benzene rings is 14. The number of allylic oxidation sites excluding steroid dienone is 3. The number of rotatable bonds is 13. The second-order valence-electron chi connectivity index (χ2n) is 28.2. The van der Waals surface area contributed by atoms with Gasteiger partial charge in [-0.15, -0.1) is 11.8 Å². The molecule has 6 aliphatic rings. The summed E-state index contributed by atoms with van der Waals surface area (Å²) in [6.07, 6.45) is 10.7. The predicted molar refractivity (Wildman–Crippen MR) is 442 cm³/mol. The highest BCUT2D eigenvalue weighted by molar-refractivity contribution is 8.00. The van der Waals surface area contributed by atoms with E-state index in [1.807, 2.05) is 11.8 Å². The van der Waals surface area contributed by atoms with E-state index in [4.69, 9.17) is 4.74 Å². The molecule has 496 valence electrons. The Kier molecular flexibility index (Phi) is 15.5. The topological polar surface area (TPSA) is 22.2 Å². The summed E-state index contributed by atoms with van der Waals surface area (Å²) in [6, 6.07) is 131. The summed E-state index contributed by atoms with van der Waals surface area (Å²) >= 11 is 2.00. The van der Waals surface area contributed by atoms with Crippen molar-refractivity contribution in [3.8, 4) is 67.1 Å². The van der Waals surface area contributed by atoms with E-state index < -0.39 is 0 Å². The van der Waals surface area contributed by atoms with E-state index in [9.17, 15) is 0 Å². The van der Waals surface area contributed by atoms with Gasteiger partial charge in [0, 0.05) is 78.6 Å². The number of aryl methyl sites for hydroxylation is 1. The second-order valence-corrected chi connectivity index (χ2v) is 29.4. The molecule has 14 aromatic rings. The van der Waals surface area contributed by atoms with Crippen LogP contribution in [0.4, 0.5) is 45.5 Å². The number of anilines is 8. The zero-order valence-electron chi connectivity index (χ0n) is 57.9. The Morgan fingerprint density at radius 3 is 1.50 bits per heavy atom. The van der Waals surface area contributed by atoms with Crippen molar-refractivity contribution in [1.82, 2.24) is 0 Å². The average Bonchev–Trinajstić information content (AvgIpc) is 0.695. The monoisotopic (exact) mass is 1360 g/mol. The molecule has 105 heavy (non-hydrogen) atoms. The van der Waals surface area contributed by atoms with Crippen molar-refractivity contribution in [2.75, 3.05) is 19.6 Å². The highest BCUT2D eigenvalue weighted by Gasteiger charge is 2.57. The van der Waals surface area contributed by atoms with Gasteiger partial charge in [0.25, 0.3) is 0 Å². The van der Waals surface area contributed by atoms with E-state index in [2.05, 4.69) is 409 Å². The lowest BCUT2D eigenvalue weighted by molar-refractivity contribution is 0.485. The minimum Gasteiger partial charge on any atom is -0.458 e. The SMILES string of the molecule is Cc1cccc(-c2ccccc2)c1N1C2=CC3Sc4cc(N(c5ccc(-c6ccccc6)cc5)c5ccccc5-c5ccccc5)cc5c4B(c4ccccc4O5)C3C=C2B2c3ccccc3N(c3ccccc3)C3=CC(N(c4ccc(-c5ccccc5)cc4)c4ccccc4-c4ccccc4)=CC1C23. The normalized spacial score (nSPS) is 17.0. The molecule has 0 radical (unpaired) electrons. The average molecular weight is 1360 g/mol. The highest BCUT2D eigenvalue weighted by Crippen LogP contribution is 2.60. The van der Waals surface area contributed by atoms with Crippen molar-refractivity contribution in [3.63, 3.8) is 0 Å². The molecule has 4 aliphatic heterocycles. The smallest absolute Gasteiger partial charge is 0.228 e. The van der Waals surface area contributed by atoms with Crippen molar-refractivity contribution in [1.29, 1.82) is 0 Å². The molecule has 8 heteroatoms. The zero-order chi connectivity index (χ0) is 69.5.